The van der Waals surface area contributed by atoms with Crippen LogP contribution in [0.3, 0.4) is 0 Å². The summed E-state index contributed by atoms with van der Waals surface area (Å²) >= 11 is 7.57. The van der Waals surface area contributed by atoms with Crippen molar-refractivity contribution in [3.63, 3.8) is 0 Å². The number of thiophene rings is 1. The second-order valence-corrected chi connectivity index (χ2v) is 9.59. The molecule has 24 heavy (non-hydrogen) atoms. The number of hydrogen-bond donors (Lipinski definition) is 0. The number of hydrogen-bond acceptors (Lipinski definition) is 4. The van der Waals surface area contributed by atoms with Gasteiger partial charge in [-0.2, -0.15) is 4.31 Å². The van der Waals surface area contributed by atoms with E-state index in [1.165, 1.54) is 11.3 Å². The maximum atomic E-state index is 12.8. The largest absolute Gasteiger partial charge is 0.369 e. The quantitative estimate of drug-likeness (QED) is 0.805. The van der Waals surface area contributed by atoms with Gasteiger partial charge in [-0.1, -0.05) is 24.6 Å². The molecule has 0 amide bonds. The average Bonchev–Trinajstić information content (AvgIpc) is 3.07. The van der Waals surface area contributed by atoms with Crippen LogP contribution >= 0.6 is 22.9 Å². The van der Waals surface area contributed by atoms with Gasteiger partial charge in [0.15, 0.2) is 0 Å². The van der Waals surface area contributed by atoms with Gasteiger partial charge in [-0.15, -0.1) is 11.3 Å². The molecule has 0 aliphatic carbocycles. The number of rotatable bonds is 4. The first kappa shape index (κ1) is 17.7. The third-order valence-electron chi connectivity index (χ3n) is 4.40. The Kier molecular flexibility index (Phi) is 5.20. The van der Waals surface area contributed by atoms with Gasteiger partial charge in [0, 0.05) is 41.8 Å². The van der Waals surface area contributed by atoms with Crippen LogP contribution in [0, 0.1) is 6.92 Å². The SMILES string of the molecule is CCc1ccc(S(=O)(=O)N2CCN(c3cccc(Cl)c3C)CC2)s1. The summed E-state index contributed by atoms with van der Waals surface area (Å²) in [6, 6.07) is 9.49. The van der Waals surface area contributed by atoms with E-state index in [2.05, 4.69) is 4.90 Å². The van der Waals surface area contributed by atoms with Gasteiger partial charge in [0.25, 0.3) is 10.0 Å². The van der Waals surface area contributed by atoms with Crippen molar-refractivity contribution in [2.24, 2.45) is 0 Å². The van der Waals surface area contributed by atoms with E-state index in [-0.39, 0.29) is 0 Å². The van der Waals surface area contributed by atoms with Crippen LogP contribution in [0.4, 0.5) is 5.69 Å². The molecule has 1 aliphatic rings. The zero-order valence-electron chi connectivity index (χ0n) is 13.8. The number of sulfonamides is 1. The number of aryl methyl sites for hydroxylation is 1. The summed E-state index contributed by atoms with van der Waals surface area (Å²) in [5.41, 5.74) is 2.13. The summed E-state index contributed by atoms with van der Waals surface area (Å²) < 4.78 is 27.6. The minimum Gasteiger partial charge on any atom is -0.369 e. The minimum absolute atomic E-state index is 0.451. The summed E-state index contributed by atoms with van der Waals surface area (Å²) in [5.74, 6) is 0. The molecule has 0 radical (unpaired) electrons. The van der Waals surface area contributed by atoms with Crippen molar-refractivity contribution in [3.05, 3.63) is 45.8 Å². The molecule has 1 saturated heterocycles. The molecule has 0 unspecified atom stereocenters. The highest BCUT2D eigenvalue weighted by Gasteiger charge is 2.30. The molecule has 0 saturated carbocycles. The molecule has 1 aromatic heterocycles. The molecule has 130 valence electrons. The number of piperazine rings is 1. The van der Waals surface area contributed by atoms with Crippen LogP contribution in [-0.2, 0) is 16.4 Å². The van der Waals surface area contributed by atoms with Gasteiger partial charge in [-0.3, -0.25) is 0 Å². The van der Waals surface area contributed by atoms with Gasteiger partial charge in [0.2, 0.25) is 0 Å². The predicted molar refractivity (Wildman–Crippen MR) is 101 cm³/mol. The smallest absolute Gasteiger partial charge is 0.252 e. The minimum atomic E-state index is -3.38. The van der Waals surface area contributed by atoms with E-state index < -0.39 is 10.0 Å². The van der Waals surface area contributed by atoms with E-state index in [0.717, 1.165) is 27.6 Å². The first-order chi connectivity index (χ1) is 11.4. The molecule has 2 heterocycles. The van der Waals surface area contributed by atoms with Crippen molar-refractivity contribution >= 4 is 38.6 Å². The fraction of sp³-hybridized carbons (Fsp3) is 0.412. The Morgan fingerprint density at radius 2 is 1.83 bits per heavy atom. The van der Waals surface area contributed by atoms with E-state index in [4.69, 9.17) is 11.6 Å². The highest BCUT2D eigenvalue weighted by atomic mass is 35.5. The molecule has 2 aromatic rings. The summed E-state index contributed by atoms with van der Waals surface area (Å²) in [7, 11) is -3.38. The molecule has 7 heteroatoms. The third kappa shape index (κ3) is 3.33. The van der Waals surface area contributed by atoms with Crippen LogP contribution < -0.4 is 4.90 Å². The highest BCUT2D eigenvalue weighted by Crippen LogP contribution is 2.29. The Morgan fingerprint density at radius 1 is 1.12 bits per heavy atom. The highest BCUT2D eigenvalue weighted by molar-refractivity contribution is 7.91. The molecule has 0 atom stereocenters. The van der Waals surface area contributed by atoms with Gasteiger partial charge in [0.1, 0.15) is 4.21 Å². The van der Waals surface area contributed by atoms with Crippen LogP contribution in [0.1, 0.15) is 17.4 Å². The van der Waals surface area contributed by atoms with Gasteiger partial charge in [0.05, 0.1) is 0 Å². The fourth-order valence-corrected chi connectivity index (χ4v) is 5.96. The van der Waals surface area contributed by atoms with E-state index in [0.29, 0.717) is 30.4 Å². The van der Waals surface area contributed by atoms with E-state index in [1.54, 1.807) is 10.4 Å². The van der Waals surface area contributed by atoms with E-state index in [9.17, 15) is 8.42 Å². The zero-order valence-corrected chi connectivity index (χ0v) is 16.2. The molecule has 1 aromatic carbocycles. The van der Waals surface area contributed by atoms with Crippen molar-refractivity contribution < 1.29 is 8.42 Å². The molecule has 4 nitrogen and oxygen atoms in total. The second-order valence-electron chi connectivity index (χ2n) is 5.85. The second kappa shape index (κ2) is 7.04. The van der Waals surface area contributed by atoms with Crippen molar-refractivity contribution in [3.8, 4) is 0 Å². The Hall–Kier alpha value is -1.08. The summed E-state index contributed by atoms with van der Waals surface area (Å²) in [6.45, 7) is 6.37. The van der Waals surface area contributed by atoms with Crippen LogP contribution in [-0.4, -0.2) is 38.9 Å². The van der Waals surface area contributed by atoms with Crippen LogP contribution in [0.15, 0.2) is 34.5 Å². The summed E-state index contributed by atoms with van der Waals surface area (Å²) in [5, 5.41) is 0.744. The maximum absolute atomic E-state index is 12.8. The monoisotopic (exact) mass is 384 g/mol. The van der Waals surface area contributed by atoms with E-state index >= 15 is 0 Å². The summed E-state index contributed by atoms with van der Waals surface area (Å²) in [4.78, 5) is 3.31. The number of anilines is 1. The normalized spacial score (nSPS) is 16.5. The number of nitrogens with zero attached hydrogens (tertiary/aromatic N) is 2. The van der Waals surface area contributed by atoms with Crippen LogP contribution in [0.2, 0.25) is 5.02 Å². The average molecular weight is 385 g/mol. The molecular weight excluding hydrogens is 364 g/mol. The lowest BCUT2D eigenvalue weighted by molar-refractivity contribution is 0.385. The Morgan fingerprint density at radius 3 is 2.46 bits per heavy atom. The van der Waals surface area contributed by atoms with Crippen molar-refractivity contribution in [1.82, 2.24) is 4.31 Å². The molecule has 1 fully saturated rings. The summed E-state index contributed by atoms with van der Waals surface area (Å²) in [6.07, 6.45) is 0.863. The van der Waals surface area contributed by atoms with Crippen molar-refractivity contribution in [1.29, 1.82) is 0 Å². The molecule has 0 spiro atoms. The maximum Gasteiger partial charge on any atom is 0.252 e. The number of halogens is 1. The molecule has 0 bridgehead atoms. The Balaban J connectivity index is 1.73. The van der Waals surface area contributed by atoms with Gasteiger partial charge in [-0.05, 0) is 43.2 Å². The van der Waals surface area contributed by atoms with E-state index in [1.807, 2.05) is 38.1 Å². The third-order valence-corrected chi connectivity index (χ3v) is 8.40. The lowest BCUT2D eigenvalue weighted by atomic mass is 10.1. The van der Waals surface area contributed by atoms with Crippen LogP contribution in [0.5, 0.6) is 0 Å². The lowest BCUT2D eigenvalue weighted by Crippen LogP contribution is -2.48. The Bertz CT molecular complexity index is 825. The van der Waals surface area contributed by atoms with Crippen molar-refractivity contribution in [2.75, 3.05) is 31.1 Å². The molecule has 1 aliphatic heterocycles. The predicted octanol–water partition coefficient (Wildman–Crippen LogP) is 3.78. The van der Waals surface area contributed by atoms with Gasteiger partial charge >= 0.3 is 0 Å². The molecule has 3 rings (SSSR count). The first-order valence-corrected chi connectivity index (χ1v) is 10.7. The number of benzene rings is 1. The van der Waals surface area contributed by atoms with Gasteiger partial charge in [-0.25, -0.2) is 8.42 Å². The zero-order chi connectivity index (χ0) is 17.3. The van der Waals surface area contributed by atoms with Crippen molar-refractivity contribution in [2.45, 2.75) is 24.5 Å². The standard InChI is InChI=1S/C17H21ClN2O2S2/c1-3-14-7-8-17(23-14)24(21,22)20-11-9-19(10-12-20)16-6-4-5-15(18)13(16)2/h4-8H,3,9-12H2,1-2H3. The Labute approximate surface area is 152 Å². The topological polar surface area (TPSA) is 40.6 Å². The van der Waals surface area contributed by atoms with Crippen LogP contribution in [0.25, 0.3) is 0 Å². The fourth-order valence-electron chi connectivity index (χ4n) is 2.92. The first-order valence-electron chi connectivity index (χ1n) is 8.02. The van der Waals surface area contributed by atoms with Gasteiger partial charge < -0.3 is 4.90 Å². The molecule has 0 N–H and O–H groups in total. The lowest BCUT2D eigenvalue weighted by Gasteiger charge is -2.36. The molecular formula is C17H21ClN2O2S2.